The van der Waals surface area contributed by atoms with Crippen LogP contribution in [0.1, 0.15) is 51.3 Å². The second kappa shape index (κ2) is 7.18. The molecule has 1 aromatic heterocycles. The molecule has 0 aromatic carbocycles. The molecule has 1 aromatic rings. The molecule has 2 rings (SSSR count). The number of likely N-dealkylation sites (N-methyl/N-ethyl adjacent to an activating group) is 1. The second-order valence-corrected chi connectivity index (χ2v) is 5.80. The molecule has 0 spiro atoms. The predicted octanol–water partition coefficient (Wildman–Crippen LogP) is 2.08. The first-order valence-corrected chi connectivity index (χ1v) is 7.83. The van der Waals surface area contributed by atoms with Gasteiger partial charge in [0.2, 0.25) is 0 Å². The Morgan fingerprint density at radius 3 is 2.55 bits per heavy atom. The van der Waals surface area contributed by atoms with Crippen LogP contribution in [0.5, 0.6) is 0 Å². The average Bonchev–Trinajstić information content (AvgIpc) is 2.73. The van der Waals surface area contributed by atoms with E-state index in [-0.39, 0.29) is 5.60 Å². The highest BCUT2D eigenvalue weighted by Gasteiger charge is 2.39. The van der Waals surface area contributed by atoms with E-state index in [4.69, 9.17) is 4.74 Å². The standard InChI is InChI=1S/C15H28N4O/c1-4-16-13(11-14-17-12-18-19(14)2)15(20-3)9-7-5-6-8-10-15/h12-13,16H,4-11H2,1-3H3. The van der Waals surface area contributed by atoms with E-state index in [9.17, 15) is 0 Å². The summed E-state index contributed by atoms with van der Waals surface area (Å²) < 4.78 is 7.91. The van der Waals surface area contributed by atoms with E-state index < -0.39 is 0 Å². The SMILES string of the molecule is CCNC(Cc1ncnn1C)C1(OC)CCCCCC1. The van der Waals surface area contributed by atoms with Crippen molar-refractivity contribution in [2.24, 2.45) is 7.05 Å². The first-order chi connectivity index (χ1) is 9.72. The summed E-state index contributed by atoms with van der Waals surface area (Å²) >= 11 is 0. The fraction of sp³-hybridized carbons (Fsp3) is 0.867. The molecule has 20 heavy (non-hydrogen) atoms. The van der Waals surface area contributed by atoms with Crippen LogP contribution in [0.3, 0.4) is 0 Å². The van der Waals surface area contributed by atoms with Crippen LogP contribution in [0.15, 0.2) is 6.33 Å². The summed E-state index contributed by atoms with van der Waals surface area (Å²) in [5.41, 5.74) is -0.0571. The fourth-order valence-electron chi connectivity index (χ4n) is 3.40. The van der Waals surface area contributed by atoms with Gasteiger partial charge in [0.15, 0.2) is 0 Å². The van der Waals surface area contributed by atoms with Crippen molar-refractivity contribution in [3.8, 4) is 0 Å². The van der Waals surface area contributed by atoms with Crippen LogP contribution in [0, 0.1) is 0 Å². The minimum absolute atomic E-state index is 0.0571. The molecule has 1 heterocycles. The Morgan fingerprint density at radius 1 is 1.35 bits per heavy atom. The van der Waals surface area contributed by atoms with Gasteiger partial charge in [-0.25, -0.2) is 4.98 Å². The number of methoxy groups -OCH3 is 1. The van der Waals surface area contributed by atoms with Crippen molar-refractivity contribution >= 4 is 0 Å². The smallest absolute Gasteiger partial charge is 0.138 e. The van der Waals surface area contributed by atoms with Gasteiger partial charge in [-0.15, -0.1) is 0 Å². The highest BCUT2D eigenvalue weighted by Crippen LogP contribution is 2.34. The Balaban J connectivity index is 2.17. The Kier molecular flexibility index (Phi) is 5.54. The summed E-state index contributed by atoms with van der Waals surface area (Å²) in [6.45, 7) is 3.11. The summed E-state index contributed by atoms with van der Waals surface area (Å²) in [5, 5.41) is 7.81. The monoisotopic (exact) mass is 280 g/mol. The predicted molar refractivity (Wildman–Crippen MR) is 79.6 cm³/mol. The number of hydrogen-bond donors (Lipinski definition) is 1. The summed E-state index contributed by atoms with van der Waals surface area (Å²) in [6, 6.07) is 0.304. The minimum Gasteiger partial charge on any atom is -0.377 e. The average molecular weight is 280 g/mol. The quantitative estimate of drug-likeness (QED) is 0.811. The zero-order valence-corrected chi connectivity index (χ0v) is 13.1. The molecule has 1 N–H and O–H groups in total. The van der Waals surface area contributed by atoms with Crippen molar-refractivity contribution in [3.05, 3.63) is 12.2 Å². The summed E-state index contributed by atoms with van der Waals surface area (Å²) in [4.78, 5) is 4.38. The number of aryl methyl sites for hydroxylation is 1. The Hall–Kier alpha value is -0.940. The third kappa shape index (κ3) is 3.38. The number of nitrogens with one attached hydrogen (secondary N) is 1. The van der Waals surface area contributed by atoms with Gasteiger partial charge in [0.1, 0.15) is 12.2 Å². The van der Waals surface area contributed by atoms with E-state index in [2.05, 4.69) is 22.3 Å². The van der Waals surface area contributed by atoms with E-state index in [0.717, 1.165) is 31.6 Å². The highest BCUT2D eigenvalue weighted by molar-refractivity contribution is 5.00. The summed E-state index contributed by atoms with van der Waals surface area (Å²) in [6.07, 6.45) is 9.95. The molecule has 1 aliphatic rings. The van der Waals surface area contributed by atoms with Crippen LogP contribution in [-0.2, 0) is 18.2 Å². The Labute approximate surface area is 122 Å². The van der Waals surface area contributed by atoms with Gasteiger partial charge in [0.25, 0.3) is 0 Å². The highest BCUT2D eigenvalue weighted by atomic mass is 16.5. The second-order valence-electron chi connectivity index (χ2n) is 5.80. The molecule has 0 radical (unpaired) electrons. The van der Waals surface area contributed by atoms with E-state index in [1.807, 2.05) is 18.8 Å². The number of rotatable bonds is 6. The zero-order valence-electron chi connectivity index (χ0n) is 13.1. The normalized spacial score (nSPS) is 20.6. The maximum atomic E-state index is 6.04. The van der Waals surface area contributed by atoms with Crippen LogP contribution in [0.25, 0.3) is 0 Å². The third-order valence-corrected chi connectivity index (χ3v) is 4.63. The van der Waals surface area contributed by atoms with Crippen LogP contribution in [0.2, 0.25) is 0 Å². The van der Waals surface area contributed by atoms with Gasteiger partial charge in [0, 0.05) is 26.6 Å². The molecule has 1 atom stereocenters. The lowest BCUT2D eigenvalue weighted by Crippen LogP contribution is -2.53. The zero-order chi connectivity index (χ0) is 14.4. The molecular weight excluding hydrogens is 252 g/mol. The third-order valence-electron chi connectivity index (χ3n) is 4.63. The topological polar surface area (TPSA) is 52.0 Å². The van der Waals surface area contributed by atoms with E-state index in [1.54, 1.807) is 6.33 Å². The number of aromatic nitrogens is 3. The molecule has 1 aliphatic carbocycles. The number of ether oxygens (including phenoxy) is 1. The molecule has 0 saturated heterocycles. The van der Waals surface area contributed by atoms with Crippen molar-refractivity contribution in [3.63, 3.8) is 0 Å². The lowest BCUT2D eigenvalue weighted by molar-refractivity contribution is -0.0528. The van der Waals surface area contributed by atoms with E-state index in [1.165, 1.54) is 25.7 Å². The molecule has 5 heteroatoms. The molecule has 5 nitrogen and oxygen atoms in total. The molecular formula is C15H28N4O. The van der Waals surface area contributed by atoms with Gasteiger partial charge < -0.3 is 10.1 Å². The number of hydrogen-bond acceptors (Lipinski definition) is 4. The summed E-state index contributed by atoms with van der Waals surface area (Å²) in [5.74, 6) is 1.02. The lowest BCUT2D eigenvalue weighted by Gasteiger charge is -2.39. The van der Waals surface area contributed by atoms with Crippen LogP contribution in [-0.4, -0.2) is 40.1 Å². The van der Waals surface area contributed by atoms with Crippen molar-refractivity contribution in [2.75, 3.05) is 13.7 Å². The first-order valence-electron chi connectivity index (χ1n) is 7.83. The van der Waals surface area contributed by atoms with E-state index >= 15 is 0 Å². The maximum Gasteiger partial charge on any atom is 0.138 e. The molecule has 0 aliphatic heterocycles. The van der Waals surface area contributed by atoms with Crippen molar-refractivity contribution in [2.45, 2.75) is 63.5 Å². The molecule has 1 saturated carbocycles. The number of nitrogens with zero attached hydrogens (tertiary/aromatic N) is 3. The van der Waals surface area contributed by atoms with Gasteiger partial charge in [-0.05, 0) is 19.4 Å². The van der Waals surface area contributed by atoms with Crippen LogP contribution >= 0.6 is 0 Å². The van der Waals surface area contributed by atoms with E-state index in [0.29, 0.717) is 6.04 Å². The maximum absolute atomic E-state index is 6.04. The van der Waals surface area contributed by atoms with Crippen molar-refractivity contribution in [1.29, 1.82) is 0 Å². The van der Waals surface area contributed by atoms with Gasteiger partial charge in [-0.1, -0.05) is 32.6 Å². The Bertz CT molecular complexity index is 396. The molecule has 0 amide bonds. The molecule has 1 fully saturated rings. The molecule has 114 valence electrons. The van der Waals surface area contributed by atoms with Crippen molar-refractivity contribution < 1.29 is 4.74 Å². The van der Waals surface area contributed by atoms with Crippen LogP contribution in [0.4, 0.5) is 0 Å². The Morgan fingerprint density at radius 2 is 2.05 bits per heavy atom. The van der Waals surface area contributed by atoms with Gasteiger partial charge in [-0.2, -0.15) is 5.10 Å². The lowest BCUT2D eigenvalue weighted by atomic mass is 9.84. The van der Waals surface area contributed by atoms with Crippen LogP contribution < -0.4 is 5.32 Å². The molecule has 0 bridgehead atoms. The van der Waals surface area contributed by atoms with Crippen molar-refractivity contribution in [1.82, 2.24) is 20.1 Å². The van der Waals surface area contributed by atoms with Gasteiger partial charge >= 0.3 is 0 Å². The van der Waals surface area contributed by atoms with Gasteiger partial charge in [-0.3, -0.25) is 4.68 Å². The minimum atomic E-state index is -0.0571. The fourth-order valence-corrected chi connectivity index (χ4v) is 3.40. The summed E-state index contributed by atoms with van der Waals surface area (Å²) in [7, 11) is 3.82. The first kappa shape index (κ1) is 15.4. The molecule has 1 unspecified atom stereocenters. The largest absolute Gasteiger partial charge is 0.377 e. The van der Waals surface area contributed by atoms with Gasteiger partial charge in [0.05, 0.1) is 5.60 Å².